The van der Waals surface area contributed by atoms with Crippen molar-refractivity contribution in [1.82, 2.24) is 24.3 Å². The number of fused-ring (bicyclic) bond motifs is 3. The smallest absolute Gasteiger partial charge is 0.260 e. The van der Waals surface area contributed by atoms with E-state index < -0.39 is 5.60 Å². The van der Waals surface area contributed by atoms with Crippen molar-refractivity contribution in [2.24, 2.45) is 5.92 Å². The molecule has 4 fully saturated rings. The van der Waals surface area contributed by atoms with E-state index >= 15 is 0 Å². The van der Waals surface area contributed by atoms with Gasteiger partial charge in [0.15, 0.2) is 0 Å². The monoisotopic (exact) mass is 544 g/mol. The van der Waals surface area contributed by atoms with Gasteiger partial charge in [-0.05, 0) is 120 Å². The Hall–Kier alpha value is -2.55. The number of aromatic nitrogens is 3. The van der Waals surface area contributed by atoms with Gasteiger partial charge >= 0.3 is 0 Å². The minimum Gasteiger partial charge on any atom is -0.390 e. The molecule has 0 spiro atoms. The zero-order valence-corrected chi connectivity index (χ0v) is 23.9. The van der Waals surface area contributed by atoms with Crippen LogP contribution in [0.4, 0.5) is 5.95 Å². The Morgan fingerprint density at radius 2 is 1.70 bits per heavy atom. The molecule has 4 heterocycles. The van der Waals surface area contributed by atoms with Crippen molar-refractivity contribution in [3.8, 4) is 0 Å². The molecule has 2 aliphatic carbocycles. The molecule has 2 N–H and O–H groups in total. The molecule has 214 valence electrons. The summed E-state index contributed by atoms with van der Waals surface area (Å²) in [6.07, 6.45) is 12.5. The first-order valence-electron chi connectivity index (χ1n) is 15.7. The molecular formula is C32H44N6O2. The van der Waals surface area contributed by atoms with Gasteiger partial charge in [-0.25, -0.2) is 4.98 Å². The molecule has 2 aromatic heterocycles. The summed E-state index contributed by atoms with van der Waals surface area (Å²) in [5.74, 6) is 1.31. The summed E-state index contributed by atoms with van der Waals surface area (Å²) in [5.41, 5.74) is 1.29. The summed E-state index contributed by atoms with van der Waals surface area (Å²) in [6.45, 7) is 8.46. The van der Waals surface area contributed by atoms with Crippen LogP contribution in [0.25, 0.3) is 21.8 Å². The maximum atomic E-state index is 14.2. The molecule has 1 aromatic carbocycles. The van der Waals surface area contributed by atoms with Crippen molar-refractivity contribution in [1.29, 1.82) is 0 Å². The van der Waals surface area contributed by atoms with Gasteiger partial charge in [-0.1, -0.05) is 12.1 Å². The SMILES string of the molecule is CC1(O)CCC(n2c(=O)c3cc(CN4CCC(N5CCCC5)CC4)ccc3c3cnc(NCC4CC4)nc32)CC1. The zero-order valence-electron chi connectivity index (χ0n) is 23.9. The molecule has 3 aromatic rings. The third-order valence-corrected chi connectivity index (χ3v) is 10.1. The molecule has 2 saturated carbocycles. The van der Waals surface area contributed by atoms with E-state index in [9.17, 15) is 9.90 Å². The van der Waals surface area contributed by atoms with Crippen molar-refractivity contribution in [2.45, 2.75) is 95.4 Å². The first-order chi connectivity index (χ1) is 19.4. The molecule has 0 radical (unpaired) electrons. The van der Waals surface area contributed by atoms with Gasteiger partial charge in [0.25, 0.3) is 5.56 Å². The Labute approximate surface area is 236 Å². The molecule has 7 rings (SSSR count). The fourth-order valence-corrected chi connectivity index (χ4v) is 7.35. The van der Waals surface area contributed by atoms with Crippen molar-refractivity contribution >= 4 is 27.8 Å². The van der Waals surface area contributed by atoms with E-state index in [0.29, 0.717) is 30.4 Å². The number of pyridine rings is 1. The number of hydrogen-bond acceptors (Lipinski definition) is 7. The molecule has 2 aliphatic heterocycles. The molecule has 4 aliphatic rings. The second-order valence-corrected chi connectivity index (χ2v) is 13.3. The molecule has 8 nitrogen and oxygen atoms in total. The normalized spacial score (nSPS) is 27.1. The highest BCUT2D eigenvalue weighted by molar-refractivity contribution is 6.04. The van der Waals surface area contributed by atoms with Crippen molar-refractivity contribution in [2.75, 3.05) is 38.0 Å². The number of rotatable bonds is 7. The van der Waals surface area contributed by atoms with E-state index in [0.717, 1.165) is 61.2 Å². The maximum absolute atomic E-state index is 14.2. The lowest BCUT2D eigenvalue weighted by atomic mass is 9.83. The Kier molecular flexibility index (Phi) is 7.05. The number of nitrogens with zero attached hydrogens (tertiary/aromatic N) is 5. The number of benzene rings is 1. The predicted octanol–water partition coefficient (Wildman–Crippen LogP) is 4.69. The molecule has 40 heavy (non-hydrogen) atoms. The Morgan fingerprint density at radius 1 is 0.950 bits per heavy atom. The van der Waals surface area contributed by atoms with Crippen LogP contribution in [-0.2, 0) is 6.54 Å². The fourth-order valence-electron chi connectivity index (χ4n) is 7.35. The summed E-state index contributed by atoms with van der Waals surface area (Å²) in [4.78, 5) is 29.1. The predicted molar refractivity (Wildman–Crippen MR) is 160 cm³/mol. The van der Waals surface area contributed by atoms with Crippen LogP contribution in [-0.4, -0.2) is 73.8 Å². The van der Waals surface area contributed by atoms with E-state index in [-0.39, 0.29) is 11.6 Å². The van der Waals surface area contributed by atoms with Gasteiger partial charge in [-0.3, -0.25) is 14.3 Å². The molecule has 0 amide bonds. The third kappa shape index (κ3) is 5.38. The van der Waals surface area contributed by atoms with E-state index in [2.05, 4.69) is 38.3 Å². The summed E-state index contributed by atoms with van der Waals surface area (Å²) in [5, 5.41) is 16.6. The lowest BCUT2D eigenvalue weighted by Crippen LogP contribution is -2.43. The summed E-state index contributed by atoms with van der Waals surface area (Å²) >= 11 is 0. The van der Waals surface area contributed by atoms with E-state index in [1.54, 1.807) is 0 Å². The number of nitrogens with one attached hydrogen (secondary N) is 1. The van der Waals surface area contributed by atoms with Crippen LogP contribution in [0.2, 0.25) is 0 Å². The van der Waals surface area contributed by atoms with Gasteiger partial charge in [-0.15, -0.1) is 0 Å². The van der Waals surface area contributed by atoms with Crippen LogP contribution in [0.1, 0.15) is 82.7 Å². The third-order valence-electron chi connectivity index (χ3n) is 10.1. The topological polar surface area (TPSA) is 86.5 Å². The maximum Gasteiger partial charge on any atom is 0.260 e. The fraction of sp³-hybridized carbons (Fsp3) is 0.656. The van der Waals surface area contributed by atoms with Gasteiger partial charge in [0.05, 0.1) is 5.60 Å². The van der Waals surface area contributed by atoms with Crippen LogP contribution in [0, 0.1) is 5.92 Å². The van der Waals surface area contributed by atoms with Crippen LogP contribution < -0.4 is 10.9 Å². The summed E-state index contributed by atoms with van der Waals surface area (Å²) in [6, 6.07) is 7.20. The number of piperidine rings is 1. The number of likely N-dealkylation sites (tertiary alicyclic amines) is 2. The largest absolute Gasteiger partial charge is 0.390 e. The van der Waals surface area contributed by atoms with Gasteiger partial charge in [0.2, 0.25) is 5.95 Å². The van der Waals surface area contributed by atoms with Crippen LogP contribution in [0.15, 0.2) is 29.2 Å². The first-order valence-corrected chi connectivity index (χ1v) is 15.7. The zero-order chi connectivity index (χ0) is 27.3. The minimum absolute atomic E-state index is 0.0269. The lowest BCUT2D eigenvalue weighted by Gasteiger charge is -2.36. The highest BCUT2D eigenvalue weighted by Gasteiger charge is 2.32. The number of aliphatic hydroxyl groups is 1. The molecular weight excluding hydrogens is 500 g/mol. The molecule has 8 heteroatoms. The second-order valence-electron chi connectivity index (χ2n) is 13.3. The first kappa shape index (κ1) is 26.4. The minimum atomic E-state index is -0.659. The molecule has 2 saturated heterocycles. The van der Waals surface area contributed by atoms with Crippen LogP contribution in [0.3, 0.4) is 0 Å². The van der Waals surface area contributed by atoms with Crippen LogP contribution >= 0.6 is 0 Å². The lowest BCUT2D eigenvalue weighted by molar-refractivity contribution is 0.0100. The summed E-state index contributed by atoms with van der Waals surface area (Å²) in [7, 11) is 0. The van der Waals surface area contributed by atoms with Crippen molar-refractivity contribution < 1.29 is 5.11 Å². The van der Waals surface area contributed by atoms with Gasteiger partial charge in [-0.2, -0.15) is 4.98 Å². The average molecular weight is 545 g/mol. The van der Waals surface area contributed by atoms with Gasteiger partial charge < -0.3 is 15.3 Å². The second kappa shape index (κ2) is 10.7. The average Bonchev–Trinajstić information content (AvgIpc) is 3.63. The molecule has 0 bridgehead atoms. The van der Waals surface area contributed by atoms with Crippen molar-refractivity contribution in [3.63, 3.8) is 0 Å². The Balaban J connectivity index is 1.20. The van der Waals surface area contributed by atoms with E-state index in [4.69, 9.17) is 4.98 Å². The molecule has 0 atom stereocenters. The molecule has 0 unspecified atom stereocenters. The summed E-state index contributed by atoms with van der Waals surface area (Å²) < 4.78 is 1.93. The highest BCUT2D eigenvalue weighted by atomic mass is 16.3. The highest BCUT2D eigenvalue weighted by Crippen LogP contribution is 2.36. The van der Waals surface area contributed by atoms with E-state index in [1.165, 1.54) is 57.2 Å². The Bertz CT molecular complexity index is 1420. The standard InChI is InChI=1S/C32H44N6O2/c1-32(40)12-8-25(9-13-32)38-29-28(20-34-31(35-29)33-19-22-4-5-22)26-7-6-23(18-27(26)30(38)39)21-36-16-10-24(11-17-36)37-14-2-3-15-37/h6-7,18,20,22,24-25,40H,2-5,8-17,19,21H2,1H3,(H,33,34,35). The van der Waals surface area contributed by atoms with Gasteiger partial charge in [0.1, 0.15) is 5.65 Å². The Morgan fingerprint density at radius 3 is 2.42 bits per heavy atom. The quantitative estimate of drug-likeness (QED) is 0.417. The number of anilines is 1. The van der Waals surface area contributed by atoms with E-state index in [1.807, 2.05) is 17.7 Å². The van der Waals surface area contributed by atoms with Crippen molar-refractivity contribution in [3.05, 3.63) is 40.3 Å². The number of hydrogen-bond donors (Lipinski definition) is 2. The van der Waals surface area contributed by atoms with Crippen LogP contribution in [0.5, 0.6) is 0 Å². The van der Waals surface area contributed by atoms with Gasteiger partial charge in [0, 0.05) is 42.1 Å².